The number of hydrogen-bond acceptors (Lipinski definition) is 9. The Morgan fingerprint density at radius 2 is 1.88 bits per heavy atom. The quantitative estimate of drug-likeness (QED) is 0.300. The summed E-state index contributed by atoms with van der Waals surface area (Å²) in [4.78, 5) is 39.8. The number of carbonyl (C=O) groups is 2. The van der Waals surface area contributed by atoms with Crippen molar-refractivity contribution in [2.75, 3.05) is 18.4 Å². The first-order valence-corrected chi connectivity index (χ1v) is 13.2. The topological polar surface area (TPSA) is 141 Å². The summed E-state index contributed by atoms with van der Waals surface area (Å²) < 4.78 is 31.5. The van der Waals surface area contributed by atoms with Gasteiger partial charge in [-0.2, -0.15) is 4.80 Å². The van der Waals surface area contributed by atoms with E-state index in [1.165, 1.54) is 30.5 Å². The van der Waals surface area contributed by atoms with Crippen LogP contribution in [0.3, 0.4) is 0 Å². The van der Waals surface area contributed by atoms with E-state index in [0.717, 1.165) is 5.56 Å². The van der Waals surface area contributed by atoms with Crippen LogP contribution >= 0.6 is 0 Å². The SMILES string of the molecule is Cc1nnn(C(c2ccc(F)cc2)C2CCN(C(=O)c3cc(-c4nc5cc(NC(=O)OF)ccc5o4)ccn3)CC2)n1. The Hall–Kier alpha value is -5.27. The van der Waals surface area contributed by atoms with Gasteiger partial charge >= 0.3 is 6.09 Å². The van der Waals surface area contributed by atoms with Gasteiger partial charge in [-0.3, -0.25) is 15.1 Å². The number of piperidine rings is 1. The zero-order valence-corrected chi connectivity index (χ0v) is 22.3. The summed E-state index contributed by atoms with van der Waals surface area (Å²) in [6, 6.07) is 13.9. The third kappa shape index (κ3) is 5.50. The number of aryl methyl sites for hydroxylation is 1. The van der Waals surface area contributed by atoms with E-state index in [0.29, 0.717) is 48.4 Å². The molecular formula is C28H24F2N8O4. The number of carbonyl (C=O) groups excluding carboxylic acids is 2. The molecule has 214 valence electrons. The van der Waals surface area contributed by atoms with Crippen LogP contribution in [0, 0.1) is 18.7 Å². The van der Waals surface area contributed by atoms with Gasteiger partial charge in [0.25, 0.3) is 5.91 Å². The lowest BCUT2D eigenvalue weighted by Gasteiger charge is -2.35. The molecule has 4 heterocycles. The van der Waals surface area contributed by atoms with E-state index in [-0.39, 0.29) is 41.0 Å². The molecule has 14 heteroatoms. The summed E-state index contributed by atoms with van der Waals surface area (Å²) >= 11 is 0. The van der Waals surface area contributed by atoms with Gasteiger partial charge in [0.1, 0.15) is 23.1 Å². The summed E-state index contributed by atoms with van der Waals surface area (Å²) in [6.45, 7) is 2.73. The molecule has 1 atom stereocenters. The summed E-state index contributed by atoms with van der Waals surface area (Å²) in [5.74, 6) is 0.338. The molecule has 0 radical (unpaired) electrons. The first kappa shape index (κ1) is 26.9. The number of oxazole rings is 1. The van der Waals surface area contributed by atoms with Crippen LogP contribution in [0.4, 0.5) is 19.4 Å². The number of nitrogens with zero attached hydrogens (tertiary/aromatic N) is 7. The molecule has 0 bridgehead atoms. The van der Waals surface area contributed by atoms with Crippen LogP contribution in [-0.4, -0.2) is 60.2 Å². The Kier molecular flexibility index (Phi) is 7.25. The first-order valence-electron chi connectivity index (χ1n) is 13.2. The molecule has 1 aliphatic rings. The maximum Gasteiger partial charge on any atom is 0.449 e. The second-order valence-corrected chi connectivity index (χ2v) is 9.90. The van der Waals surface area contributed by atoms with Crippen molar-refractivity contribution in [3.63, 3.8) is 0 Å². The van der Waals surface area contributed by atoms with Crippen LogP contribution in [-0.2, 0) is 4.94 Å². The van der Waals surface area contributed by atoms with Crippen LogP contribution in [0.15, 0.2) is 65.2 Å². The minimum Gasteiger partial charge on any atom is -0.436 e. The van der Waals surface area contributed by atoms with Crippen molar-refractivity contribution in [3.05, 3.63) is 83.7 Å². The smallest absolute Gasteiger partial charge is 0.436 e. The molecule has 2 aromatic carbocycles. The molecule has 1 N–H and O–H groups in total. The molecule has 1 fully saturated rings. The highest BCUT2D eigenvalue weighted by atomic mass is 19.3. The fourth-order valence-corrected chi connectivity index (χ4v) is 5.20. The number of anilines is 1. The molecule has 2 amide bonds. The number of tetrazole rings is 1. The van der Waals surface area contributed by atoms with Gasteiger partial charge in [0.2, 0.25) is 5.89 Å². The van der Waals surface area contributed by atoms with Gasteiger partial charge in [-0.05, 0) is 78.9 Å². The monoisotopic (exact) mass is 574 g/mol. The molecule has 0 aliphatic carbocycles. The molecule has 12 nitrogen and oxygen atoms in total. The van der Waals surface area contributed by atoms with E-state index in [4.69, 9.17) is 4.42 Å². The van der Waals surface area contributed by atoms with Crippen LogP contribution in [0.2, 0.25) is 0 Å². The van der Waals surface area contributed by atoms with Gasteiger partial charge in [-0.15, -0.1) is 10.2 Å². The molecule has 42 heavy (non-hydrogen) atoms. The Morgan fingerprint density at radius 1 is 1.10 bits per heavy atom. The maximum atomic E-state index is 13.6. The van der Waals surface area contributed by atoms with E-state index in [1.807, 2.05) is 0 Å². The maximum absolute atomic E-state index is 13.6. The number of fused-ring (bicyclic) bond motifs is 1. The molecule has 1 aliphatic heterocycles. The van der Waals surface area contributed by atoms with Crippen LogP contribution in [0.25, 0.3) is 22.6 Å². The average molecular weight is 575 g/mol. The first-order chi connectivity index (χ1) is 20.4. The molecule has 3 aromatic heterocycles. The van der Waals surface area contributed by atoms with Crippen LogP contribution in [0.5, 0.6) is 0 Å². The highest BCUT2D eigenvalue weighted by molar-refractivity contribution is 5.93. The van der Waals surface area contributed by atoms with Crippen molar-refractivity contribution in [2.45, 2.75) is 25.8 Å². The Balaban J connectivity index is 1.17. The summed E-state index contributed by atoms with van der Waals surface area (Å²) in [5.41, 5.74) is 2.78. The third-order valence-electron chi connectivity index (χ3n) is 7.19. The zero-order chi connectivity index (χ0) is 29.2. The number of hydrogen-bond donors (Lipinski definition) is 1. The second-order valence-electron chi connectivity index (χ2n) is 9.90. The third-order valence-corrected chi connectivity index (χ3v) is 7.19. The lowest BCUT2D eigenvalue weighted by atomic mass is 9.85. The predicted molar refractivity (Wildman–Crippen MR) is 144 cm³/mol. The van der Waals surface area contributed by atoms with E-state index in [2.05, 4.69) is 35.6 Å². The highest BCUT2D eigenvalue weighted by Crippen LogP contribution is 2.34. The summed E-state index contributed by atoms with van der Waals surface area (Å²) in [7, 11) is 0. The zero-order valence-electron chi connectivity index (χ0n) is 22.3. The van der Waals surface area contributed by atoms with Gasteiger partial charge in [0.05, 0.1) is 0 Å². The van der Waals surface area contributed by atoms with Crippen molar-refractivity contribution in [1.82, 2.24) is 35.1 Å². The fourth-order valence-electron chi connectivity index (χ4n) is 5.20. The number of pyridine rings is 1. The Labute approximate surface area is 237 Å². The normalized spacial score (nSPS) is 14.6. The standard InChI is InChI=1S/C28H24F2N8O4/c1-16-34-36-38(35-16)25(17-2-4-20(29)5-3-17)18-9-12-37(13-10-18)27(39)23-14-19(8-11-31-23)26-33-22-15-21(32-28(40)42-30)6-7-24(22)41-26/h2-8,11,14-15,18,25H,9-10,12-13H2,1H3,(H,32,40). The van der Waals surface area contributed by atoms with E-state index in [1.54, 1.807) is 47.0 Å². The van der Waals surface area contributed by atoms with Gasteiger partial charge in [0.15, 0.2) is 11.4 Å². The minimum absolute atomic E-state index is 0.0956. The van der Waals surface area contributed by atoms with Crippen molar-refractivity contribution < 1.29 is 27.9 Å². The minimum atomic E-state index is -1.25. The number of benzene rings is 2. The number of rotatable bonds is 6. The van der Waals surface area contributed by atoms with E-state index in [9.17, 15) is 18.5 Å². The number of amides is 2. The molecular weight excluding hydrogens is 550 g/mol. The van der Waals surface area contributed by atoms with Crippen molar-refractivity contribution in [1.29, 1.82) is 0 Å². The number of nitrogens with one attached hydrogen (secondary N) is 1. The summed E-state index contributed by atoms with van der Waals surface area (Å²) in [5, 5.41) is 14.9. The molecule has 1 saturated heterocycles. The lowest BCUT2D eigenvalue weighted by Crippen LogP contribution is -2.41. The molecule has 0 saturated carbocycles. The Bertz CT molecular complexity index is 1750. The van der Waals surface area contributed by atoms with Gasteiger partial charge in [0, 0.05) is 35.1 Å². The molecule has 1 unspecified atom stereocenters. The van der Waals surface area contributed by atoms with E-state index < -0.39 is 6.09 Å². The summed E-state index contributed by atoms with van der Waals surface area (Å²) in [6.07, 6.45) is 1.60. The van der Waals surface area contributed by atoms with Crippen molar-refractivity contribution in [2.24, 2.45) is 5.92 Å². The van der Waals surface area contributed by atoms with E-state index >= 15 is 0 Å². The fraction of sp³-hybridized carbons (Fsp3) is 0.250. The van der Waals surface area contributed by atoms with Crippen LogP contribution < -0.4 is 5.32 Å². The molecule has 0 spiro atoms. The van der Waals surface area contributed by atoms with Crippen LogP contribution in [0.1, 0.15) is 40.8 Å². The largest absolute Gasteiger partial charge is 0.449 e. The van der Waals surface area contributed by atoms with Gasteiger partial charge < -0.3 is 9.32 Å². The highest BCUT2D eigenvalue weighted by Gasteiger charge is 2.33. The second kappa shape index (κ2) is 11.3. The number of aromatic nitrogens is 6. The number of likely N-dealkylation sites (tertiary alicyclic amines) is 1. The van der Waals surface area contributed by atoms with Gasteiger partial charge in [-0.25, -0.2) is 19.1 Å². The molecule has 5 aromatic rings. The lowest BCUT2D eigenvalue weighted by molar-refractivity contribution is -0.0544. The van der Waals surface area contributed by atoms with Crippen molar-refractivity contribution >= 4 is 28.8 Å². The number of halogens is 2. The molecule has 6 rings (SSSR count). The Morgan fingerprint density at radius 3 is 2.60 bits per heavy atom. The van der Waals surface area contributed by atoms with Crippen molar-refractivity contribution in [3.8, 4) is 11.5 Å². The van der Waals surface area contributed by atoms with Gasteiger partial charge in [-0.1, -0.05) is 12.1 Å². The average Bonchev–Trinajstić information content (AvgIpc) is 3.64. The predicted octanol–water partition coefficient (Wildman–Crippen LogP) is 4.90.